The van der Waals surface area contributed by atoms with E-state index < -0.39 is 42.2 Å². The molecule has 2 saturated heterocycles. The van der Waals surface area contributed by atoms with E-state index in [4.69, 9.17) is 18.9 Å². The molecule has 0 spiro atoms. The van der Waals surface area contributed by atoms with Gasteiger partial charge in [0, 0.05) is 34.3 Å². The monoisotopic (exact) mass is 679 g/mol. The number of amides is 2. The number of methoxy groups -OCH3 is 1. The molecule has 0 saturated carbocycles. The molecule has 2 fully saturated rings. The number of hydrogen-bond donors (Lipinski definition) is 4. The van der Waals surface area contributed by atoms with E-state index in [0.29, 0.717) is 59.1 Å². The smallest absolute Gasteiger partial charge is 0.413 e. The Morgan fingerprint density at radius 3 is 2.65 bits per heavy atom. The summed E-state index contributed by atoms with van der Waals surface area (Å²) in [5.41, 5.74) is 4.22. The summed E-state index contributed by atoms with van der Waals surface area (Å²) in [6.07, 6.45) is 1.07. The first-order valence-corrected chi connectivity index (χ1v) is 17.4. The van der Waals surface area contributed by atoms with Crippen molar-refractivity contribution < 1.29 is 38.7 Å². The SMILES string of the molecule is CCS[C@@H]1c2c(O)c(C)c3c(c2[C@H](COC(=O)NC(=O)[C@@H]2CCCN2)N2[C@@H]1[C@@H]1c4c(cc(C)c(OC)c4O)C[C@H]([C@@H]2C#N)N1C)OCO3. The van der Waals surface area contributed by atoms with Crippen LogP contribution in [0.4, 0.5) is 4.79 Å². The summed E-state index contributed by atoms with van der Waals surface area (Å²) in [5, 5.41) is 39.7. The lowest BCUT2D eigenvalue weighted by Gasteiger charge is -2.61. The van der Waals surface area contributed by atoms with Gasteiger partial charge in [-0.3, -0.25) is 19.9 Å². The van der Waals surface area contributed by atoms with Gasteiger partial charge in [0.2, 0.25) is 12.7 Å². The third kappa shape index (κ3) is 4.85. The molecule has 7 atom stereocenters. The van der Waals surface area contributed by atoms with E-state index in [9.17, 15) is 25.1 Å². The number of fused-ring (bicyclic) bond motifs is 9. The van der Waals surface area contributed by atoms with Crippen LogP contribution >= 0.6 is 11.8 Å². The molecule has 48 heavy (non-hydrogen) atoms. The van der Waals surface area contributed by atoms with Gasteiger partial charge in [-0.2, -0.15) is 17.0 Å². The summed E-state index contributed by atoms with van der Waals surface area (Å²) < 4.78 is 23.4. The van der Waals surface area contributed by atoms with Gasteiger partial charge in [-0.05, 0) is 63.6 Å². The first-order valence-electron chi connectivity index (χ1n) is 16.4. The first kappa shape index (κ1) is 32.6. The molecule has 2 amide bonds. The maximum Gasteiger partial charge on any atom is 0.413 e. The molecule has 7 rings (SSSR count). The second-order valence-corrected chi connectivity index (χ2v) is 14.5. The highest BCUT2D eigenvalue weighted by atomic mass is 32.2. The summed E-state index contributed by atoms with van der Waals surface area (Å²) in [6, 6.07) is 1.53. The first-order chi connectivity index (χ1) is 23.1. The van der Waals surface area contributed by atoms with E-state index in [1.807, 2.05) is 27.0 Å². The third-order valence-electron chi connectivity index (χ3n) is 10.6. The Morgan fingerprint density at radius 2 is 1.96 bits per heavy atom. The molecular weight excluding hydrogens is 638 g/mol. The number of hydrogen-bond acceptors (Lipinski definition) is 13. The molecule has 13 nitrogen and oxygen atoms in total. The van der Waals surface area contributed by atoms with Gasteiger partial charge in [0.25, 0.3) is 0 Å². The number of aryl methyl sites for hydroxylation is 1. The van der Waals surface area contributed by atoms with E-state index in [1.54, 1.807) is 18.7 Å². The number of nitrogens with zero attached hydrogens (tertiary/aromatic N) is 3. The fourth-order valence-corrected chi connectivity index (χ4v) is 9.89. The third-order valence-corrected chi connectivity index (χ3v) is 11.9. The van der Waals surface area contributed by atoms with Gasteiger partial charge in [0.05, 0.1) is 36.6 Å². The van der Waals surface area contributed by atoms with Crippen molar-refractivity contribution in [1.82, 2.24) is 20.4 Å². The summed E-state index contributed by atoms with van der Waals surface area (Å²) in [7, 11) is 3.51. The Bertz CT molecular complexity index is 1710. The van der Waals surface area contributed by atoms with Gasteiger partial charge in [-0.25, -0.2) is 4.79 Å². The highest BCUT2D eigenvalue weighted by molar-refractivity contribution is 7.99. The van der Waals surface area contributed by atoms with E-state index >= 15 is 0 Å². The lowest BCUT2D eigenvalue weighted by atomic mass is 9.71. The van der Waals surface area contributed by atoms with Crippen LogP contribution in [-0.2, 0) is 16.0 Å². The maximum atomic E-state index is 13.1. The van der Waals surface area contributed by atoms with Crippen molar-refractivity contribution in [3.8, 4) is 34.8 Å². The second-order valence-electron chi connectivity index (χ2n) is 13.0. The van der Waals surface area contributed by atoms with Crippen molar-refractivity contribution in [1.29, 1.82) is 5.26 Å². The molecule has 2 aromatic carbocycles. The molecule has 14 heteroatoms. The molecule has 2 bridgehead atoms. The van der Waals surface area contributed by atoms with Gasteiger partial charge >= 0.3 is 6.09 Å². The zero-order valence-corrected chi connectivity index (χ0v) is 28.5. The topological polar surface area (TPSA) is 166 Å². The fourth-order valence-electron chi connectivity index (χ4n) is 8.64. The summed E-state index contributed by atoms with van der Waals surface area (Å²) in [4.78, 5) is 30.1. The number of ether oxygens (including phenoxy) is 4. The van der Waals surface area contributed by atoms with Crippen LogP contribution in [0.3, 0.4) is 0 Å². The van der Waals surface area contributed by atoms with Gasteiger partial charge in [-0.15, -0.1) is 0 Å². The summed E-state index contributed by atoms with van der Waals surface area (Å²) in [6.45, 7) is 6.13. The number of nitrogens with one attached hydrogen (secondary N) is 2. The van der Waals surface area contributed by atoms with Gasteiger partial charge in [0.15, 0.2) is 23.0 Å². The number of carbonyl (C=O) groups is 2. The number of phenolic OH excluding ortho intramolecular Hbond substituents is 2. The lowest BCUT2D eigenvalue weighted by molar-refractivity contribution is -0.122. The molecule has 2 aromatic rings. The van der Waals surface area contributed by atoms with E-state index in [0.717, 1.165) is 23.1 Å². The Balaban J connectivity index is 1.40. The zero-order chi connectivity index (χ0) is 34.0. The Hall–Kier alpha value is -3.90. The molecule has 0 radical (unpaired) electrons. The number of imide groups is 1. The van der Waals surface area contributed by atoms with Crippen molar-refractivity contribution in [3.05, 3.63) is 39.4 Å². The number of alkyl carbamates (subject to hydrolysis) is 1. The maximum absolute atomic E-state index is 13.1. The second kappa shape index (κ2) is 12.5. The number of likely N-dealkylation sites (N-methyl/N-ethyl adjacent to an activating group) is 1. The summed E-state index contributed by atoms with van der Waals surface area (Å²) in [5.74, 6) is 1.60. The molecule has 0 aliphatic carbocycles. The molecule has 0 aromatic heterocycles. The Kier molecular flexibility index (Phi) is 8.52. The van der Waals surface area contributed by atoms with Crippen LogP contribution in [0.25, 0.3) is 0 Å². The minimum Gasteiger partial charge on any atom is -0.507 e. The molecule has 5 aliphatic heterocycles. The number of nitriles is 1. The van der Waals surface area contributed by atoms with Crippen molar-refractivity contribution >= 4 is 23.8 Å². The fraction of sp³-hybridized carbons (Fsp3) is 0.559. The van der Waals surface area contributed by atoms with Crippen molar-refractivity contribution in [3.63, 3.8) is 0 Å². The molecule has 256 valence electrons. The molecule has 4 N–H and O–H groups in total. The molecule has 5 heterocycles. The molecule has 5 aliphatic rings. The van der Waals surface area contributed by atoms with Crippen LogP contribution in [0.15, 0.2) is 6.07 Å². The average Bonchev–Trinajstić information content (AvgIpc) is 3.77. The van der Waals surface area contributed by atoms with Crippen molar-refractivity contribution in [2.75, 3.05) is 39.9 Å². The van der Waals surface area contributed by atoms with Crippen LogP contribution in [0.1, 0.15) is 70.5 Å². The normalized spacial score (nSPS) is 28.5. The number of benzene rings is 2. The van der Waals surface area contributed by atoms with Crippen LogP contribution in [0.5, 0.6) is 28.7 Å². The quantitative estimate of drug-likeness (QED) is 0.351. The number of piperazine rings is 1. The number of carbonyl (C=O) groups excluding carboxylic acids is 2. The predicted octanol–water partition coefficient (Wildman–Crippen LogP) is 3.48. The number of phenols is 2. The van der Waals surface area contributed by atoms with Crippen LogP contribution < -0.4 is 24.8 Å². The number of rotatable bonds is 6. The van der Waals surface area contributed by atoms with Gasteiger partial charge in [0.1, 0.15) is 18.4 Å². The highest BCUT2D eigenvalue weighted by Crippen LogP contribution is 2.63. The predicted molar refractivity (Wildman–Crippen MR) is 176 cm³/mol. The van der Waals surface area contributed by atoms with E-state index in [-0.39, 0.29) is 36.2 Å². The van der Waals surface area contributed by atoms with Gasteiger partial charge < -0.3 is 34.5 Å². The number of thioether (sulfide) groups is 1. The zero-order valence-electron chi connectivity index (χ0n) is 27.7. The minimum atomic E-state index is -0.895. The van der Waals surface area contributed by atoms with E-state index in [2.05, 4.69) is 26.5 Å². The highest BCUT2D eigenvalue weighted by Gasteiger charge is 2.60. The van der Waals surface area contributed by atoms with E-state index in [1.165, 1.54) is 7.11 Å². The van der Waals surface area contributed by atoms with Crippen molar-refractivity contribution in [2.45, 2.75) is 81.5 Å². The van der Waals surface area contributed by atoms with Crippen LogP contribution in [-0.4, -0.2) is 96.0 Å². The minimum absolute atomic E-state index is 0.0475. The largest absolute Gasteiger partial charge is 0.507 e. The van der Waals surface area contributed by atoms with Gasteiger partial charge in [-0.1, -0.05) is 13.0 Å². The van der Waals surface area contributed by atoms with Crippen molar-refractivity contribution in [2.24, 2.45) is 0 Å². The van der Waals surface area contributed by atoms with Crippen LogP contribution in [0.2, 0.25) is 0 Å². The summed E-state index contributed by atoms with van der Waals surface area (Å²) >= 11 is 1.63. The standard InChI is InChI=1S/C34H41N5O8S/c1-6-48-32-24-23(31-30(46-14-47-31)16(3)27(24)40)21(13-45-34(43)37-33(42)18-8-7-9-36-18)39-20(12-35)19-11-17-10-15(2)29(44-5)28(41)22(17)25(26(32)39)38(19)4/h10,18-21,25-26,32,36,40-41H,6-9,11,13-14H2,1-5H3,(H,37,42,43)/t18-,19+,20-,21-,25-,26+,32+/m0/s1. The number of aromatic hydroxyl groups is 2. The molecule has 0 unspecified atom stereocenters. The lowest BCUT2D eigenvalue weighted by Crippen LogP contribution is -2.69. The molecular formula is C34H41N5O8S. The van der Waals surface area contributed by atoms with Crippen LogP contribution in [0, 0.1) is 25.2 Å². The Labute approximate surface area is 283 Å². The Morgan fingerprint density at radius 1 is 1.19 bits per heavy atom. The average molecular weight is 680 g/mol.